The number of rotatable bonds is 3. The molecule has 0 saturated heterocycles. The summed E-state index contributed by atoms with van der Waals surface area (Å²) >= 11 is 0. The van der Waals surface area contributed by atoms with Crippen molar-refractivity contribution in [2.45, 2.75) is 39.7 Å². The molecular weight excluding hydrogens is 232 g/mol. The summed E-state index contributed by atoms with van der Waals surface area (Å²) in [5, 5.41) is 10.9. The molecule has 2 aromatic rings. The monoisotopic (exact) mass is 254 g/mol. The summed E-state index contributed by atoms with van der Waals surface area (Å²) in [6.45, 7) is 8.13. The number of aliphatic hydroxyl groups is 1. The van der Waals surface area contributed by atoms with E-state index < -0.39 is 5.60 Å². The van der Waals surface area contributed by atoms with Crippen LogP contribution >= 0.6 is 0 Å². The molecule has 0 spiro atoms. The molecule has 0 amide bonds. The minimum Gasteiger partial charge on any atom is -0.381 e. The van der Waals surface area contributed by atoms with Gasteiger partial charge < -0.3 is 5.11 Å². The highest BCUT2D eigenvalue weighted by atomic mass is 16.3. The van der Waals surface area contributed by atoms with Gasteiger partial charge in [0.2, 0.25) is 0 Å². The highest BCUT2D eigenvalue weighted by Crippen LogP contribution is 2.30. The lowest BCUT2D eigenvalue weighted by atomic mass is 9.85. The maximum atomic E-state index is 10.9. The van der Waals surface area contributed by atoms with Crippen LogP contribution in [-0.4, -0.2) is 5.11 Å². The van der Waals surface area contributed by atoms with E-state index >= 15 is 0 Å². The van der Waals surface area contributed by atoms with Crippen LogP contribution < -0.4 is 0 Å². The maximum Gasteiger partial charge on any atom is 0.112 e. The molecule has 0 saturated carbocycles. The molecule has 0 heterocycles. The molecule has 1 nitrogen and oxygen atoms in total. The van der Waals surface area contributed by atoms with Crippen molar-refractivity contribution < 1.29 is 5.11 Å². The second-order valence-corrected chi connectivity index (χ2v) is 5.50. The lowest BCUT2D eigenvalue weighted by Crippen LogP contribution is -2.23. The van der Waals surface area contributed by atoms with Crippen molar-refractivity contribution in [3.8, 4) is 0 Å². The molecule has 0 aliphatic rings. The van der Waals surface area contributed by atoms with Gasteiger partial charge in [-0.1, -0.05) is 60.5 Å². The molecule has 0 aliphatic heterocycles. The van der Waals surface area contributed by atoms with Gasteiger partial charge in [-0.05, 0) is 43.9 Å². The van der Waals surface area contributed by atoms with Crippen LogP contribution in [0, 0.1) is 13.8 Å². The molecule has 0 aromatic heterocycles. The highest BCUT2D eigenvalue weighted by Gasteiger charge is 2.26. The van der Waals surface area contributed by atoms with E-state index in [1.807, 2.05) is 19.1 Å². The van der Waals surface area contributed by atoms with E-state index in [4.69, 9.17) is 0 Å². The van der Waals surface area contributed by atoms with Crippen LogP contribution in [0.25, 0.3) is 0 Å². The first-order chi connectivity index (χ1) is 8.93. The van der Waals surface area contributed by atoms with Crippen LogP contribution in [0.3, 0.4) is 0 Å². The van der Waals surface area contributed by atoms with E-state index in [9.17, 15) is 5.11 Å². The zero-order valence-electron chi connectivity index (χ0n) is 12.2. The molecular formula is C18H22O. The van der Waals surface area contributed by atoms with Gasteiger partial charge in [0, 0.05) is 0 Å². The van der Waals surface area contributed by atoms with Gasteiger partial charge in [0.1, 0.15) is 5.60 Å². The minimum atomic E-state index is -0.943. The molecule has 0 bridgehead atoms. The van der Waals surface area contributed by atoms with Crippen molar-refractivity contribution in [3.63, 3.8) is 0 Å². The van der Waals surface area contributed by atoms with Crippen molar-refractivity contribution in [1.82, 2.24) is 0 Å². The number of benzene rings is 2. The standard InChI is InChI=1S/C18H22O/c1-5-15-7-6-8-16(12-15)18(4,19)17-10-13(2)9-14(3)11-17/h6-12,19H,5H2,1-4H3. The van der Waals surface area contributed by atoms with E-state index in [1.54, 1.807) is 0 Å². The Labute approximate surface area is 115 Å². The van der Waals surface area contributed by atoms with Crippen LogP contribution in [-0.2, 0) is 12.0 Å². The molecule has 100 valence electrons. The predicted octanol–water partition coefficient (Wildman–Crippen LogP) is 4.12. The van der Waals surface area contributed by atoms with Crippen LogP contribution in [0.4, 0.5) is 0 Å². The van der Waals surface area contributed by atoms with E-state index in [2.05, 4.69) is 51.1 Å². The van der Waals surface area contributed by atoms with Gasteiger partial charge >= 0.3 is 0 Å². The fraction of sp³-hybridized carbons (Fsp3) is 0.333. The van der Waals surface area contributed by atoms with Crippen LogP contribution in [0.2, 0.25) is 0 Å². The minimum absolute atomic E-state index is 0.943. The molecule has 0 aliphatic carbocycles. The Bertz CT molecular complexity index is 562. The third-order valence-corrected chi connectivity index (χ3v) is 3.68. The topological polar surface area (TPSA) is 20.2 Å². The number of hydrogen-bond acceptors (Lipinski definition) is 1. The molecule has 1 heteroatoms. The lowest BCUT2D eigenvalue weighted by molar-refractivity contribution is 0.102. The van der Waals surface area contributed by atoms with Crippen LogP contribution in [0.15, 0.2) is 42.5 Å². The average Bonchev–Trinajstić information content (AvgIpc) is 2.37. The Morgan fingerprint density at radius 3 is 2.16 bits per heavy atom. The molecule has 2 aromatic carbocycles. The van der Waals surface area contributed by atoms with E-state index in [-0.39, 0.29) is 0 Å². The molecule has 1 unspecified atom stereocenters. The largest absolute Gasteiger partial charge is 0.381 e. The Balaban J connectivity index is 2.50. The highest BCUT2D eigenvalue weighted by molar-refractivity contribution is 5.40. The smallest absolute Gasteiger partial charge is 0.112 e. The van der Waals surface area contributed by atoms with Crippen molar-refractivity contribution in [2.75, 3.05) is 0 Å². The van der Waals surface area contributed by atoms with E-state index in [0.717, 1.165) is 17.5 Å². The zero-order valence-corrected chi connectivity index (χ0v) is 12.2. The van der Waals surface area contributed by atoms with Crippen molar-refractivity contribution in [1.29, 1.82) is 0 Å². The lowest BCUT2D eigenvalue weighted by Gasteiger charge is -2.26. The molecule has 1 N–H and O–H groups in total. The molecule has 0 radical (unpaired) electrons. The first-order valence-electron chi connectivity index (χ1n) is 6.84. The van der Waals surface area contributed by atoms with E-state index in [1.165, 1.54) is 16.7 Å². The van der Waals surface area contributed by atoms with Gasteiger partial charge in [-0.25, -0.2) is 0 Å². The molecule has 19 heavy (non-hydrogen) atoms. The number of hydrogen-bond donors (Lipinski definition) is 1. The van der Waals surface area contributed by atoms with Gasteiger partial charge in [0.05, 0.1) is 0 Å². The van der Waals surface area contributed by atoms with Crippen LogP contribution in [0.5, 0.6) is 0 Å². The summed E-state index contributed by atoms with van der Waals surface area (Å²) in [7, 11) is 0. The summed E-state index contributed by atoms with van der Waals surface area (Å²) in [4.78, 5) is 0. The summed E-state index contributed by atoms with van der Waals surface area (Å²) in [5.41, 5.74) is 4.59. The average molecular weight is 254 g/mol. The second-order valence-electron chi connectivity index (χ2n) is 5.50. The SMILES string of the molecule is CCc1cccc(C(C)(O)c2cc(C)cc(C)c2)c1. The van der Waals surface area contributed by atoms with Crippen LogP contribution in [0.1, 0.15) is 41.7 Å². The van der Waals surface area contributed by atoms with Gasteiger partial charge in [-0.15, -0.1) is 0 Å². The van der Waals surface area contributed by atoms with Gasteiger partial charge in [-0.2, -0.15) is 0 Å². The zero-order chi connectivity index (χ0) is 14.0. The summed E-state index contributed by atoms with van der Waals surface area (Å²) < 4.78 is 0. The first kappa shape index (κ1) is 13.8. The predicted molar refractivity (Wildman–Crippen MR) is 80.4 cm³/mol. The quantitative estimate of drug-likeness (QED) is 0.873. The van der Waals surface area contributed by atoms with E-state index in [0.29, 0.717) is 0 Å². The molecule has 2 rings (SSSR count). The Morgan fingerprint density at radius 1 is 0.947 bits per heavy atom. The fourth-order valence-electron chi connectivity index (χ4n) is 2.52. The first-order valence-corrected chi connectivity index (χ1v) is 6.84. The molecule has 0 fully saturated rings. The third kappa shape index (κ3) is 2.87. The maximum absolute atomic E-state index is 10.9. The van der Waals surface area contributed by atoms with Crippen molar-refractivity contribution >= 4 is 0 Å². The Hall–Kier alpha value is -1.60. The van der Waals surface area contributed by atoms with Gasteiger partial charge in [-0.3, -0.25) is 0 Å². The summed E-state index contributed by atoms with van der Waals surface area (Å²) in [5.74, 6) is 0. The Morgan fingerprint density at radius 2 is 1.58 bits per heavy atom. The van der Waals surface area contributed by atoms with Gasteiger partial charge in [0.15, 0.2) is 0 Å². The number of aryl methyl sites for hydroxylation is 3. The molecule has 1 atom stereocenters. The summed E-state index contributed by atoms with van der Waals surface area (Å²) in [6, 6.07) is 14.5. The van der Waals surface area contributed by atoms with Crippen molar-refractivity contribution in [2.24, 2.45) is 0 Å². The summed E-state index contributed by atoms with van der Waals surface area (Å²) in [6.07, 6.45) is 0.983. The fourth-order valence-corrected chi connectivity index (χ4v) is 2.52. The van der Waals surface area contributed by atoms with Crippen molar-refractivity contribution in [3.05, 3.63) is 70.3 Å². The van der Waals surface area contributed by atoms with Gasteiger partial charge in [0.25, 0.3) is 0 Å². The normalized spacial score (nSPS) is 14.2. The Kier molecular flexibility index (Phi) is 3.77. The second kappa shape index (κ2) is 5.18. The third-order valence-electron chi connectivity index (χ3n) is 3.68.